The number of aliphatic imine (C=N–C) groups is 1. The largest absolute Gasteiger partial charge is 0.352 e. The Morgan fingerprint density at radius 1 is 1.00 bits per heavy atom. The van der Waals surface area contributed by atoms with Crippen LogP contribution in [0.2, 0.25) is 0 Å². The first kappa shape index (κ1) is 23.9. The van der Waals surface area contributed by atoms with Crippen molar-refractivity contribution in [1.29, 1.82) is 0 Å². The van der Waals surface area contributed by atoms with Crippen molar-refractivity contribution in [3.63, 3.8) is 0 Å². The number of amides is 1. The first-order chi connectivity index (χ1) is 13.1. The number of carbonyl (C=O) groups excluding carboxylic acids is 1. The van der Waals surface area contributed by atoms with Crippen molar-refractivity contribution in [2.75, 3.05) is 13.6 Å². The maximum atomic E-state index is 13.2. The summed E-state index contributed by atoms with van der Waals surface area (Å²) in [6.45, 7) is 3.84. The van der Waals surface area contributed by atoms with Crippen molar-refractivity contribution >= 4 is 35.8 Å². The van der Waals surface area contributed by atoms with E-state index in [0.717, 1.165) is 24.0 Å². The molecule has 152 valence electrons. The molecule has 0 heterocycles. The number of nitrogens with zero attached hydrogens (tertiary/aromatic N) is 1. The molecule has 0 spiro atoms. The fourth-order valence-corrected chi connectivity index (χ4v) is 2.49. The van der Waals surface area contributed by atoms with Crippen LogP contribution in [0.15, 0.2) is 53.5 Å². The highest BCUT2D eigenvalue weighted by atomic mass is 127. The molecule has 28 heavy (non-hydrogen) atoms. The lowest BCUT2D eigenvalue weighted by Gasteiger charge is -2.12. The van der Waals surface area contributed by atoms with Gasteiger partial charge in [-0.1, -0.05) is 37.6 Å². The average molecular weight is 498 g/mol. The average Bonchev–Trinajstić information content (AvgIpc) is 2.69. The van der Waals surface area contributed by atoms with Gasteiger partial charge < -0.3 is 16.0 Å². The molecule has 0 aromatic heterocycles. The van der Waals surface area contributed by atoms with Gasteiger partial charge in [0.1, 0.15) is 5.82 Å². The lowest BCUT2D eigenvalue weighted by molar-refractivity contribution is 0.0953. The first-order valence-corrected chi connectivity index (χ1v) is 9.18. The summed E-state index contributed by atoms with van der Waals surface area (Å²) in [7, 11) is 1.69. The highest BCUT2D eigenvalue weighted by molar-refractivity contribution is 14.0. The summed E-state index contributed by atoms with van der Waals surface area (Å²) in [5, 5.41) is 9.26. The number of guanidine groups is 1. The first-order valence-electron chi connectivity index (χ1n) is 9.18. The van der Waals surface area contributed by atoms with Crippen LogP contribution in [-0.2, 0) is 13.1 Å². The van der Waals surface area contributed by atoms with Gasteiger partial charge in [-0.25, -0.2) is 4.39 Å². The molecule has 0 unspecified atom stereocenters. The molecule has 5 nitrogen and oxygen atoms in total. The molecule has 3 N–H and O–H groups in total. The molecular weight excluding hydrogens is 470 g/mol. The van der Waals surface area contributed by atoms with Gasteiger partial charge in [0.25, 0.3) is 5.91 Å². The highest BCUT2D eigenvalue weighted by Gasteiger charge is 2.05. The predicted molar refractivity (Wildman–Crippen MR) is 123 cm³/mol. The van der Waals surface area contributed by atoms with E-state index in [-0.39, 0.29) is 35.7 Å². The van der Waals surface area contributed by atoms with Crippen LogP contribution < -0.4 is 16.0 Å². The van der Waals surface area contributed by atoms with E-state index in [1.54, 1.807) is 13.1 Å². The molecule has 2 aromatic carbocycles. The predicted octanol–water partition coefficient (Wildman–Crippen LogP) is 3.84. The topological polar surface area (TPSA) is 65.5 Å². The molecule has 0 aliphatic rings. The van der Waals surface area contributed by atoms with Gasteiger partial charge in [0.2, 0.25) is 0 Å². The third-order valence-electron chi connectivity index (χ3n) is 4.06. The Kier molecular flexibility index (Phi) is 11.2. The monoisotopic (exact) mass is 498 g/mol. The number of halogens is 2. The fraction of sp³-hybridized carbons (Fsp3) is 0.333. The fourth-order valence-electron chi connectivity index (χ4n) is 2.49. The van der Waals surface area contributed by atoms with Crippen LogP contribution in [0.25, 0.3) is 0 Å². The second-order valence-corrected chi connectivity index (χ2v) is 6.22. The maximum absolute atomic E-state index is 13.2. The van der Waals surface area contributed by atoms with E-state index in [0.29, 0.717) is 31.2 Å². The minimum Gasteiger partial charge on any atom is -0.352 e. The van der Waals surface area contributed by atoms with Crippen LogP contribution in [0.4, 0.5) is 4.39 Å². The number of hydrogen-bond acceptors (Lipinski definition) is 2. The van der Waals surface area contributed by atoms with Crippen molar-refractivity contribution in [3.8, 4) is 0 Å². The van der Waals surface area contributed by atoms with Gasteiger partial charge in [-0.3, -0.25) is 9.79 Å². The van der Waals surface area contributed by atoms with Gasteiger partial charge in [-0.2, -0.15) is 0 Å². The summed E-state index contributed by atoms with van der Waals surface area (Å²) in [5.74, 6) is 0.326. The third-order valence-corrected chi connectivity index (χ3v) is 4.06. The molecule has 0 saturated carbocycles. The molecule has 7 heteroatoms. The zero-order valence-electron chi connectivity index (χ0n) is 16.3. The summed E-state index contributed by atoms with van der Waals surface area (Å²) in [4.78, 5) is 16.2. The van der Waals surface area contributed by atoms with Crippen LogP contribution in [0.1, 0.15) is 41.3 Å². The standard InChI is InChI=1S/C21H27FN4O.HI/c1-3-4-12-24-20(27)18-10-8-16(9-11-18)14-25-21(23-2)26-15-17-6-5-7-19(22)13-17;/h5-11,13H,3-4,12,14-15H2,1-2H3,(H,24,27)(H2,23,25,26);1H. The Balaban J connectivity index is 0.00000392. The van der Waals surface area contributed by atoms with Crippen LogP contribution in [0.3, 0.4) is 0 Å². The molecule has 0 radical (unpaired) electrons. The second-order valence-electron chi connectivity index (χ2n) is 6.22. The Hall–Kier alpha value is -2.16. The number of rotatable bonds is 8. The van der Waals surface area contributed by atoms with E-state index in [9.17, 15) is 9.18 Å². The molecule has 0 aliphatic carbocycles. The molecule has 2 aromatic rings. The van der Waals surface area contributed by atoms with Crippen molar-refractivity contribution in [2.45, 2.75) is 32.9 Å². The summed E-state index contributed by atoms with van der Waals surface area (Å²) in [6, 6.07) is 13.9. The minimum atomic E-state index is -0.254. The van der Waals surface area contributed by atoms with E-state index in [1.165, 1.54) is 12.1 Å². The SMILES string of the molecule is CCCCNC(=O)c1ccc(CNC(=NC)NCc2cccc(F)c2)cc1.I. The summed E-state index contributed by atoms with van der Waals surface area (Å²) in [5.41, 5.74) is 2.54. The molecule has 0 saturated heterocycles. The van der Waals surface area contributed by atoms with Crippen molar-refractivity contribution in [1.82, 2.24) is 16.0 Å². The van der Waals surface area contributed by atoms with Crippen LogP contribution in [-0.4, -0.2) is 25.5 Å². The quantitative estimate of drug-likeness (QED) is 0.224. The van der Waals surface area contributed by atoms with Crippen molar-refractivity contribution < 1.29 is 9.18 Å². The van der Waals surface area contributed by atoms with Gasteiger partial charge in [0, 0.05) is 32.2 Å². The molecule has 2 rings (SSSR count). The molecule has 1 amide bonds. The molecule has 0 aliphatic heterocycles. The Bertz CT molecular complexity index is 765. The molecule has 0 fully saturated rings. The van der Waals surface area contributed by atoms with Crippen LogP contribution in [0.5, 0.6) is 0 Å². The zero-order chi connectivity index (χ0) is 19.5. The van der Waals surface area contributed by atoms with Gasteiger partial charge in [0.05, 0.1) is 0 Å². The van der Waals surface area contributed by atoms with Gasteiger partial charge in [-0.15, -0.1) is 24.0 Å². The van der Waals surface area contributed by atoms with Crippen molar-refractivity contribution in [3.05, 3.63) is 71.0 Å². The van der Waals surface area contributed by atoms with Crippen LogP contribution in [0, 0.1) is 5.82 Å². The summed E-state index contributed by atoms with van der Waals surface area (Å²) in [6.07, 6.45) is 2.04. The number of benzene rings is 2. The summed E-state index contributed by atoms with van der Waals surface area (Å²) < 4.78 is 13.2. The van der Waals surface area contributed by atoms with Crippen molar-refractivity contribution in [2.24, 2.45) is 4.99 Å². The minimum absolute atomic E-state index is 0. The molecular formula is C21H28FIN4O. The second kappa shape index (κ2) is 13.1. The lowest BCUT2D eigenvalue weighted by atomic mass is 10.1. The number of nitrogens with one attached hydrogen (secondary N) is 3. The maximum Gasteiger partial charge on any atom is 0.251 e. The van der Waals surface area contributed by atoms with Gasteiger partial charge >= 0.3 is 0 Å². The normalized spacial score (nSPS) is 10.8. The smallest absolute Gasteiger partial charge is 0.251 e. The Morgan fingerprint density at radius 2 is 1.68 bits per heavy atom. The third kappa shape index (κ3) is 8.24. The Morgan fingerprint density at radius 3 is 2.29 bits per heavy atom. The van der Waals surface area contributed by atoms with Gasteiger partial charge in [0.15, 0.2) is 5.96 Å². The zero-order valence-corrected chi connectivity index (χ0v) is 18.6. The highest BCUT2D eigenvalue weighted by Crippen LogP contribution is 2.05. The molecule has 0 atom stereocenters. The van der Waals surface area contributed by atoms with E-state index >= 15 is 0 Å². The number of unbranched alkanes of at least 4 members (excludes halogenated alkanes) is 1. The lowest BCUT2D eigenvalue weighted by Crippen LogP contribution is -2.36. The molecule has 0 bridgehead atoms. The van der Waals surface area contributed by atoms with E-state index in [1.807, 2.05) is 30.3 Å². The van der Waals surface area contributed by atoms with E-state index in [4.69, 9.17) is 0 Å². The van der Waals surface area contributed by atoms with Gasteiger partial charge in [-0.05, 0) is 41.8 Å². The van der Waals surface area contributed by atoms with E-state index < -0.39 is 0 Å². The number of carbonyl (C=O) groups is 1. The van der Waals surface area contributed by atoms with Crippen LogP contribution >= 0.6 is 24.0 Å². The number of hydrogen-bond donors (Lipinski definition) is 3. The van der Waals surface area contributed by atoms with E-state index in [2.05, 4.69) is 27.9 Å². The summed E-state index contributed by atoms with van der Waals surface area (Å²) >= 11 is 0. The Labute approximate surface area is 183 Å².